The molecule has 0 spiro atoms. The van der Waals surface area contributed by atoms with E-state index in [2.05, 4.69) is 20.3 Å². The Morgan fingerprint density at radius 2 is 1.96 bits per heavy atom. The Labute approximate surface area is 174 Å². The first-order valence-electron chi connectivity index (χ1n) is 9.02. The first kappa shape index (κ1) is 23.2. The monoisotopic (exact) mass is 494 g/mol. The summed E-state index contributed by atoms with van der Waals surface area (Å²) in [4.78, 5) is 4.50. The van der Waals surface area contributed by atoms with Crippen molar-refractivity contribution in [3.8, 4) is 0 Å². The van der Waals surface area contributed by atoms with Crippen molar-refractivity contribution in [2.24, 2.45) is 10.9 Å². The van der Waals surface area contributed by atoms with Crippen LogP contribution in [-0.2, 0) is 16.6 Å². The topological polar surface area (TPSA) is 82.6 Å². The summed E-state index contributed by atoms with van der Waals surface area (Å²) >= 11 is 0. The van der Waals surface area contributed by atoms with Crippen LogP contribution in [0, 0.1) is 5.92 Å². The number of nitrogens with zero attached hydrogens (tertiary/aromatic N) is 1. The number of guanidine groups is 1. The molecule has 0 amide bonds. The quantitative estimate of drug-likeness (QED) is 0.225. The lowest BCUT2D eigenvalue weighted by atomic mass is 10.0. The maximum absolute atomic E-state index is 11.9. The first-order chi connectivity index (χ1) is 12.0. The Balaban J connectivity index is 0.00000338. The number of rotatable bonds is 8. The second kappa shape index (κ2) is 11.8. The van der Waals surface area contributed by atoms with Gasteiger partial charge in [0, 0.05) is 20.1 Å². The summed E-state index contributed by atoms with van der Waals surface area (Å²) in [5.41, 5.74) is 0.894. The van der Waals surface area contributed by atoms with Gasteiger partial charge in [-0.2, -0.15) is 0 Å². The van der Waals surface area contributed by atoms with Gasteiger partial charge >= 0.3 is 0 Å². The minimum atomic E-state index is -3.41. The molecule has 0 aromatic heterocycles. The molecule has 1 aromatic carbocycles. The molecule has 1 aliphatic carbocycles. The molecule has 0 heterocycles. The van der Waals surface area contributed by atoms with E-state index >= 15 is 0 Å². The molecular formula is C18H31IN4O2S. The first-order valence-corrected chi connectivity index (χ1v) is 10.5. The average molecular weight is 494 g/mol. The van der Waals surface area contributed by atoms with Gasteiger partial charge in [0.05, 0.1) is 4.90 Å². The predicted octanol–water partition coefficient (Wildman–Crippen LogP) is 2.85. The third kappa shape index (κ3) is 7.40. The number of hydrogen-bond acceptors (Lipinski definition) is 3. The van der Waals surface area contributed by atoms with Crippen molar-refractivity contribution in [1.82, 2.24) is 15.4 Å². The summed E-state index contributed by atoms with van der Waals surface area (Å²) in [7, 11) is -0.256. The highest BCUT2D eigenvalue weighted by Crippen LogP contribution is 2.28. The molecule has 0 bridgehead atoms. The summed E-state index contributed by atoms with van der Waals surface area (Å²) in [5.74, 6) is 1.65. The molecule has 1 saturated carbocycles. The van der Waals surface area contributed by atoms with Crippen LogP contribution in [-0.4, -0.2) is 35.0 Å². The largest absolute Gasteiger partial charge is 0.356 e. The van der Waals surface area contributed by atoms with E-state index in [1.54, 1.807) is 25.2 Å². The van der Waals surface area contributed by atoms with Gasteiger partial charge in [-0.05, 0) is 43.5 Å². The minimum absolute atomic E-state index is 0. The van der Waals surface area contributed by atoms with Gasteiger partial charge in [-0.25, -0.2) is 13.1 Å². The van der Waals surface area contributed by atoms with E-state index in [9.17, 15) is 8.42 Å². The SMILES string of the molecule is CN=C(NCCCC1CCCC1)NCc1cccc(S(=O)(=O)NC)c1.I. The van der Waals surface area contributed by atoms with Gasteiger partial charge in [-0.15, -0.1) is 24.0 Å². The Bertz CT molecular complexity index is 674. The van der Waals surface area contributed by atoms with Gasteiger partial charge in [-0.3, -0.25) is 4.99 Å². The van der Waals surface area contributed by atoms with E-state index in [-0.39, 0.29) is 28.9 Å². The molecule has 148 valence electrons. The molecule has 26 heavy (non-hydrogen) atoms. The van der Waals surface area contributed by atoms with E-state index < -0.39 is 10.0 Å². The average Bonchev–Trinajstić information content (AvgIpc) is 3.15. The number of hydrogen-bond donors (Lipinski definition) is 3. The van der Waals surface area contributed by atoms with Gasteiger partial charge in [0.25, 0.3) is 0 Å². The normalized spacial score (nSPS) is 15.5. The molecule has 3 N–H and O–H groups in total. The number of nitrogens with one attached hydrogen (secondary N) is 3. The van der Waals surface area contributed by atoms with E-state index in [0.29, 0.717) is 6.54 Å². The van der Waals surface area contributed by atoms with Gasteiger partial charge in [0.2, 0.25) is 10.0 Å². The second-order valence-corrected chi connectivity index (χ2v) is 8.39. The highest BCUT2D eigenvalue weighted by atomic mass is 127. The molecule has 6 nitrogen and oxygen atoms in total. The number of aliphatic imine (C=N–C) groups is 1. The summed E-state index contributed by atoms with van der Waals surface area (Å²) in [6, 6.07) is 6.91. The van der Waals surface area contributed by atoms with Crippen LogP contribution in [0.4, 0.5) is 0 Å². The number of sulfonamides is 1. The van der Waals surface area contributed by atoms with Crippen LogP contribution in [0.1, 0.15) is 44.1 Å². The van der Waals surface area contributed by atoms with E-state index in [4.69, 9.17) is 0 Å². The summed E-state index contributed by atoms with van der Waals surface area (Å²) < 4.78 is 26.1. The number of halogens is 1. The Kier molecular flexibility index (Phi) is 10.5. The highest BCUT2D eigenvalue weighted by Gasteiger charge is 2.14. The van der Waals surface area contributed by atoms with E-state index in [1.165, 1.54) is 39.2 Å². The minimum Gasteiger partial charge on any atom is -0.356 e. The fourth-order valence-corrected chi connectivity index (χ4v) is 4.04. The Morgan fingerprint density at radius 3 is 2.62 bits per heavy atom. The van der Waals surface area contributed by atoms with Crippen LogP contribution in [0.15, 0.2) is 34.2 Å². The lowest BCUT2D eigenvalue weighted by Gasteiger charge is -2.14. The molecule has 2 rings (SSSR count). The Hall–Kier alpha value is -0.870. The van der Waals surface area contributed by atoms with Gasteiger partial charge in [-0.1, -0.05) is 37.8 Å². The van der Waals surface area contributed by atoms with Crippen molar-refractivity contribution in [3.05, 3.63) is 29.8 Å². The highest BCUT2D eigenvalue weighted by molar-refractivity contribution is 14.0. The van der Waals surface area contributed by atoms with E-state index in [1.807, 2.05) is 6.07 Å². The third-order valence-corrected chi connectivity index (χ3v) is 6.13. The van der Waals surface area contributed by atoms with Crippen LogP contribution < -0.4 is 15.4 Å². The smallest absolute Gasteiger partial charge is 0.240 e. The second-order valence-electron chi connectivity index (χ2n) is 6.50. The molecular weight excluding hydrogens is 463 g/mol. The van der Waals surface area contributed by atoms with Crippen LogP contribution in [0.2, 0.25) is 0 Å². The summed E-state index contributed by atoms with van der Waals surface area (Å²) in [6.07, 6.45) is 8.00. The zero-order valence-corrected chi connectivity index (χ0v) is 18.8. The third-order valence-electron chi connectivity index (χ3n) is 4.72. The molecule has 0 radical (unpaired) electrons. The molecule has 0 aliphatic heterocycles. The molecule has 8 heteroatoms. The van der Waals surface area contributed by atoms with Crippen molar-refractivity contribution in [1.29, 1.82) is 0 Å². The molecule has 0 unspecified atom stereocenters. The maximum atomic E-state index is 11.9. The van der Waals surface area contributed by atoms with Gasteiger partial charge in [0.15, 0.2) is 5.96 Å². The summed E-state index contributed by atoms with van der Waals surface area (Å²) in [6.45, 7) is 1.43. The van der Waals surface area contributed by atoms with Crippen molar-refractivity contribution >= 4 is 40.0 Å². The molecule has 0 atom stereocenters. The molecule has 1 fully saturated rings. The molecule has 1 aromatic rings. The van der Waals surface area contributed by atoms with Crippen molar-refractivity contribution in [2.75, 3.05) is 20.6 Å². The van der Waals surface area contributed by atoms with Crippen LogP contribution in [0.3, 0.4) is 0 Å². The van der Waals surface area contributed by atoms with Crippen LogP contribution in [0.25, 0.3) is 0 Å². The Morgan fingerprint density at radius 1 is 1.23 bits per heavy atom. The zero-order chi connectivity index (χ0) is 18.1. The molecule has 0 saturated heterocycles. The van der Waals surface area contributed by atoms with Crippen molar-refractivity contribution in [2.45, 2.75) is 50.0 Å². The lowest BCUT2D eigenvalue weighted by molar-refractivity contribution is 0.481. The van der Waals surface area contributed by atoms with Crippen LogP contribution in [0.5, 0.6) is 0 Å². The van der Waals surface area contributed by atoms with Gasteiger partial charge in [0.1, 0.15) is 0 Å². The van der Waals surface area contributed by atoms with Crippen LogP contribution >= 0.6 is 24.0 Å². The fraction of sp³-hybridized carbons (Fsp3) is 0.611. The van der Waals surface area contributed by atoms with Gasteiger partial charge < -0.3 is 10.6 Å². The zero-order valence-electron chi connectivity index (χ0n) is 15.6. The van der Waals surface area contributed by atoms with E-state index in [0.717, 1.165) is 30.4 Å². The predicted molar refractivity (Wildman–Crippen MR) is 117 cm³/mol. The summed E-state index contributed by atoms with van der Waals surface area (Å²) in [5, 5.41) is 6.56. The van der Waals surface area contributed by atoms with Crippen molar-refractivity contribution < 1.29 is 8.42 Å². The fourth-order valence-electron chi connectivity index (χ4n) is 3.24. The van der Waals surface area contributed by atoms with Crippen molar-refractivity contribution in [3.63, 3.8) is 0 Å². The number of benzene rings is 1. The maximum Gasteiger partial charge on any atom is 0.240 e. The standard InChI is InChI=1S/C18H30N4O2S.HI/c1-19-18(21-12-6-10-15-7-3-4-8-15)22-14-16-9-5-11-17(13-16)25(23,24)20-2;/h5,9,11,13,15,20H,3-4,6-8,10,12,14H2,1-2H3,(H2,19,21,22);1H. The molecule has 1 aliphatic rings. The lowest BCUT2D eigenvalue weighted by Crippen LogP contribution is -2.37.